The van der Waals surface area contributed by atoms with Crippen LogP contribution in [0, 0.1) is 80.8 Å². The minimum absolute atomic E-state index is 0.500. The second kappa shape index (κ2) is 78.1. The summed E-state index contributed by atoms with van der Waals surface area (Å²) < 4.78 is 0. The van der Waals surface area contributed by atoms with Gasteiger partial charge in [0.1, 0.15) is 0 Å². The molecule has 0 aromatic rings. The first-order chi connectivity index (χ1) is 38.0. The van der Waals surface area contributed by atoms with Crippen molar-refractivity contribution in [2.24, 2.45) is 80.8 Å². The molecule has 83 heavy (non-hydrogen) atoms. The Morgan fingerprint density at radius 3 is 0.687 bits per heavy atom. The van der Waals surface area contributed by atoms with E-state index >= 15 is 0 Å². The smallest absolute Gasteiger partial charge is 0.0359 e. The first kappa shape index (κ1) is 108. The lowest BCUT2D eigenvalue weighted by Gasteiger charge is -2.22. The van der Waals surface area contributed by atoms with Gasteiger partial charge in [0.2, 0.25) is 0 Å². The van der Waals surface area contributed by atoms with Crippen LogP contribution >= 0.6 is 0 Å². The van der Waals surface area contributed by atoms with Crippen LogP contribution in [0.15, 0.2) is 0 Å². The van der Waals surface area contributed by atoms with Gasteiger partial charge in [-0.15, -0.1) is 0 Å². The lowest BCUT2D eigenvalue weighted by molar-refractivity contribution is 0.283. The van der Waals surface area contributed by atoms with Gasteiger partial charge in [-0.1, -0.05) is 444 Å². The molecule has 1 fully saturated rings. The average Bonchev–Trinajstić information content (AvgIpc) is 3.86. The third kappa shape index (κ3) is 151. The summed E-state index contributed by atoms with van der Waals surface area (Å²) in [5.74, 6) is 9.07. The number of hydrogen-bond acceptors (Lipinski definition) is 0. The van der Waals surface area contributed by atoms with E-state index in [1.165, 1.54) is 186 Å². The first-order valence-electron chi connectivity index (χ1n) is 38.0. The molecule has 0 nitrogen and oxygen atoms in total. The van der Waals surface area contributed by atoms with E-state index < -0.39 is 0 Å². The zero-order valence-corrected chi connectivity index (χ0v) is 68.3. The molecule has 1 rings (SSSR count). The molecule has 1 aliphatic rings. The van der Waals surface area contributed by atoms with Crippen molar-refractivity contribution >= 4 is 0 Å². The van der Waals surface area contributed by atoms with Crippen molar-refractivity contribution in [3.05, 3.63) is 0 Å². The summed E-state index contributed by atoms with van der Waals surface area (Å²) in [5, 5.41) is 0. The van der Waals surface area contributed by atoms with E-state index in [-0.39, 0.29) is 0 Å². The predicted molar refractivity (Wildman–Crippen MR) is 405 cm³/mol. The van der Waals surface area contributed by atoms with Crippen LogP contribution in [-0.2, 0) is 0 Å². The molecule has 0 bridgehead atoms. The fourth-order valence-electron chi connectivity index (χ4n) is 7.59. The molecule has 0 heterocycles. The van der Waals surface area contributed by atoms with E-state index in [9.17, 15) is 0 Å². The van der Waals surface area contributed by atoms with Crippen molar-refractivity contribution in [1.29, 1.82) is 0 Å². The molecule has 0 spiro atoms. The molecule has 0 amide bonds. The Kier molecular flexibility index (Phi) is 101. The molecule has 3 atom stereocenters. The van der Waals surface area contributed by atoms with Gasteiger partial charge in [-0.05, 0) is 100 Å². The van der Waals surface area contributed by atoms with E-state index in [2.05, 4.69) is 277 Å². The molecular weight excluding hydrogens is 997 g/mol. The van der Waals surface area contributed by atoms with E-state index in [0.717, 1.165) is 59.2 Å². The molecule has 1 aliphatic carbocycles. The van der Waals surface area contributed by atoms with Gasteiger partial charge in [-0.2, -0.15) is 0 Å². The monoisotopic (exact) mass is 1190 g/mol. The Balaban J connectivity index is -0.0000000757. The fraction of sp³-hybridized carbons (Fsp3) is 1.00. The molecule has 0 aromatic carbocycles. The summed E-state index contributed by atoms with van der Waals surface area (Å²) in [5.41, 5.74) is 2.18. The first-order valence-corrected chi connectivity index (χ1v) is 38.0. The van der Waals surface area contributed by atoms with Crippen LogP contribution in [0.25, 0.3) is 0 Å². The Hall–Kier alpha value is 0. The van der Waals surface area contributed by atoms with Gasteiger partial charge in [-0.3, -0.25) is 0 Å². The van der Waals surface area contributed by atoms with E-state index in [4.69, 9.17) is 0 Å². The third-order valence-electron chi connectivity index (χ3n) is 16.4. The largest absolute Gasteiger partial charge is 0.0654 e. The third-order valence-corrected chi connectivity index (χ3v) is 16.4. The standard InChI is InChI=1S/11C7H16.C6H12/c1-6(2)7(3,4)5;1-6(2)5-7(3)4;2*1-5-6-7(2,3)4;1-5-7(3,4)6-2;1-5-7(4)6(2)3;2*1-4-5-6-7(2)3;2*1-4-6-7(3)5-2;1-3-5-7-6-4-2;1-6-4-2-3-5-6/h6H,1-5H3;6-7H,5H2,1-4H3;3*5-6H2,1-4H3;6-7H,5H2,1-4H3;4*7H,4-6H2,1-3H3;3-7H2,1-2H3;6H,2-5H2,1H3/t;;;;;7-;;;7-;;;/m.....0..1.../s1. The van der Waals surface area contributed by atoms with Crippen LogP contribution in [0.2, 0.25) is 0 Å². The second-order valence-electron chi connectivity index (χ2n) is 32.8. The quantitative estimate of drug-likeness (QED) is 0.0845. The van der Waals surface area contributed by atoms with Gasteiger partial charge < -0.3 is 0 Å². The van der Waals surface area contributed by atoms with Crippen LogP contribution in [0.5, 0.6) is 0 Å². The van der Waals surface area contributed by atoms with Crippen LogP contribution < -0.4 is 0 Å². The zero-order chi connectivity index (χ0) is 68.3. The second-order valence-corrected chi connectivity index (χ2v) is 32.8. The van der Waals surface area contributed by atoms with Crippen molar-refractivity contribution < 1.29 is 0 Å². The highest BCUT2D eigenvalue weighted by Crippen LogP contribution is 2.25. The van der Waals surface area contributed by atoms with Gasteiger partial charge in [0, 0.05) is 0 Å². The number of unbranched alkanes of at least 4 members (excludes halogenated alkanes) is 6. The summed E-state index contributed by atoms with van der Waals surface area (Å²) >= 11 is 0. The van der Waals surface area contributed by atoms with Crippen molar-refractivity contribution in [3.8, 4) is 0 Å². The van der Waals surface area contributed by atoms with Gasteiger partial charge in [0.05, 0.1) is 0 Å². The Labute approximate surface area is 541 Å². The maximum atomic E-state index is 2.34. The van der Waals surface area contributed by atoms with Crippen LogP contribution in [0.4, 0.5) is 0 Å². The van der Waals surface area contributed by atoms with Crippen molar-refractivity contribution in [2.75, 3.05) is 0 Å². The highest BCUT2D eigenvalue weighted by molar-refractivity contribution is 4.65. The number of rotatable bonds is 24. The van der Waals surface area contributed by atoms with Gasteiger partial charge in [0.25, 0.3) is 0 Å². The minimum atomic E-state index is 0.500. The van der Waals surface area contributed by atoms with Crippen molar-refractivity contribution in [1.82, 2.24) is 0 Å². The lowest BCUT2D eigenvalue weighted by Crippen LogP contribution is -2.12. The molecule has 0 N–H and O–H groups in total. The summed E-state index contributed by atoms with van der Waals surface area (Å²) in [4.78, 5) is 0. The minimum Gasteiger partial charge on any atom is -0.0654 e. The maximum absolute atomic E-state index is 2.34. The summed E-state index contributed by atoms with van der Waals surface area (Å²) in [7, 11) is 0. The van der Waals surface area contributed by atoms with Crippen LogP contribution in [0.1, 0.15) is 463 Å². The summed E-state index contributed by atoms with van der Waals surface area (Å²) in [6, 6.07) is 0. The Bertz CT molecular complexity index is 948. The van der Waals surface area contributed by atoms with Gasteiger partial charge in [-0.25, -0.2) is 0 Å². The van der Waals surface area contributed by atoms with Crippen LogP contribution in [-0.4, -0.2) is 0 Å². The molecule has 1 saturated carbocycles. The van der Waals surface area contributed by atoms with Crippen molar-refractivity contribution in [2.45, 2.75) is 463 Å². The zero-order valence-electron chi connectivity index (χ0n) is 68.3. The molecular formula is C83H188. The number of hydrogen-bond donors (Lipinski definition) is 0. The normalized spacial score (nSPS) is 13.1. The topological polar surface area (TPSA) is 0 Å². The fourth-order valence-corrected chi connectivity index (χ4v) is 7.59. The molecule has 1 unspecified atom stereocenters. The van der Waals surface area contributed by atoms with Crippen molar-refractivity contribution in [3.63, 3.8) is 0 Å². The molecule has 0 saturated heterocycles. The molecule has 0 radical (unpaired) electrons. The van der Waals surface area contributed by atoms with E-state index in [1.807, 2.05) is 0 Å². The molecule has 0 aliphatic heterocycles. The summed E-state index contributed by atoms with van der Waals surface area (Å²) in [6.07, 6.45) is 40.0. The van der Waals surface area contributed by atoms with Gasteiger partial charge >= 0.3 is 0 Å². The molecule has 520 valence electrons. The highest BCUT2D eigenvalue weighted by Gasteiger charge is 2.14. The Morgan fingerprint density at radius 2 is 0.627 bits per heavy atom. The average molecular weight is 1190 g/mol. The molecule has 0 aromatic heterocycles. The lowest BCUT2D eigenvalue weighted by atomic mass is 9.84. The predicted octanol–water partition coefficient (Wildman–Crippen LogP) is 33.1. The summed E-state index contributed by atoms with van der Waals surface area (Å²) in [6.45, 7) is 90.6. The highest BCUT2D eigenvalue weighted by atomic mass is 14.2. The van der Waals surface area contributed by atoms with E-state index in [1.54, 1.807) is 0 Å². The van der Waals surface area contributed by atoms with Crippen LogP contribution in [0.3, 0.4) is 0 Å². The van der Waals surface area contributed by atoms with E-state index in [0.29, 0.717) is 21.7 Å². The maximum Gasteiger partial charge on any atom is -0.0359 e. The molecule has 0 heteroatoms. The SMILES string of the molecule is CC(C)C(C)(C)C.CC(C)CC(C)C.CC1CCCC1.CCC(C)(C)CC.CCCC(C)(C)C.CCCC(C)(C)C.CCCC(C)CC.CCCCC(C)C.CCCCC(C)C.CCCCCCC.CCC[C@H](C)CC.CC[C@H](C)C(C)C. The Morgan fingerprint density at radius 1 is 0.337 bits per heavy atom. The van der Waals surface area contributed by atoms with Gasteiger partial charge in [0.15, 0.2) is 0 Å².